The fourth-order valence-electron chi connectivity index (χ4n) is 3.62. The molecule has 2 amide bonds. The topological polar surface area (TPSA) is 67.2 Å². The van der Waals surface area contributed by atoms with Gasteiger partial charge in [-0.3, -0.25) is 9.59 Å². The number of aryl methyl sites for hydroxylation is 1. The Morgan fingerprint density at radius 2 is 1.90 bits per heavy atom. The molecule has 154 valence electrons. The zero-order valence-corrected chi connectivity index (χ0v) is 17.8. The van der Waals surface area contributed by atoms with E-state index < -0.39 is 12.0 Å². The maximum Gasteiger partial charge on any atom is 0.227 e. The molecule has 2 atom stereocenters. The van der Waals surface area contributed by atoms with Gasteiger partial charge in [-0.05, 0) is 42.0 Å². The van der Waals surface area contributed by atoms with Crippen molar-refractivity contribution in [3.8, 4) is 0 Å². The molecule has 2 heterocycles. The van der Waals surface area contributed by atoms with Gasteiger partial charge in [0.2, 0.25) is 11.8 Å². The molecule has 0 saturated carbocycles. The fourth-order valence-corrected chi connectivity index (χ4v) is 3.89. The Labute approximate surface area is 181 Å². The molecule has 8 heteroatoms. The van der Waals surface area contributed by atoms with Crippen LogP contribution in [0.15, 0.2) is 65.4 Å². The van der Waals surface area contributed by atoms with E-state index in [4.69, 9.17) is 0 Å². The third-order valence-corrected chi connectivity index (χ3v) is 5.77. The number of nitrogens with zero attached hydrogens (tertiary/aromatic N) is 3. The average Bonchev–Trinajstić information content (AvgIpc) is 3.33. The molecule has 4 rings (SSSR count). The van der Waals surface area contributed by atoms with Crippen LogP contribution >= 0.6 is 15.9 Å². The number of rotatable bonds is 5. The number of hydrogen-bond donors (Lipinski definition) is 1. The van der Waals surface area contributed by atoms with E-state index in [1.807, 2.05) is 35.9 Å². The number of carbonyl (C=O) groups excluding carboxylic acids is 2. The van der Waals surface area contributed by atoms with Gasteiger partial charge in [-0.2, -0.15) is 0 Å². The average molecular weight is 471 g/mol. The Morgan fingerprint density at radius 1 is 1.20 bits per heavy atom. The van der Waals surface area contributed by atoms with E-state index >= 15 is 0 Å². The molecule has 0 radical (unpaired) electrons. The smallest absolute Gasteiger partial charge is 0.227 e. The molecule has 0 aliphatic carbocycles. The van der Waals surface area contributed by atoms with Crippen molar-refractivity contribution in [1.29, 1.82) is 0 Å². The van der Waals surface area contributed by atoms with Gasteiger partial charge in [0.15, 0.2) is 0 Å². The molecule has 0 bridgehead atoms. The van der Waals surface area contributed by atoms with Crippen molar-refractivity contribution in [2.45, 2.75) is 12.5 Å². The predicted molar refractivity (Wildman–Crippen MR) is 114 cm³/mol. The summed E-state index contributed by atoms with van der Waals surface area (Å²) in [4.78, 5) is 31.6. The Kier molecular flexibility index (Phi) is 5.67. The van der Waals surface area contributed by atoms with Gasteiger partial charge in [-0.1, -0.05) is 28.1 Å². The highest BCUT2D eigenvalue weighted by Crippen LogP contribution is 2.28. The van der Waals surface area contributed by atoms with E-state index in [9.17, 15) is 14.0 Å². The van der Waals surface area contributed by atoms with Gasteiger partial charge in [-0.25, -0.2) is 9.37 Å². The largest absolute Gasteiger partial charge is 0.342 e. The van der Waals surface area contributed by atoms with Crippen molar-refractivity contribution >= 4 is 33.4 Å². The fraction of sp³-hybridized carbons (Fsp3) is 0.227. The first kappa shape index (κ1) is 20.3. The lowest BCUT2D eigenvalue weighted by molar-refractivity contribution is -0.126. The minimum Gasteiger partial charge on any atom is -0.342 e. The van der Waals surface area contributed by atoms with Gasteiger partial charge in [0.25, 0.3) is 0 Å². The van der Waals surface area contributed by atoms with Crippen LogP contribution in [0.1, 0.15) is 23.9 Å². The van der Waals surface area contributed by atoms with Crippen LogP contribution in [0.3, 0.4) is 0 Å². The lowest BCUT2D eigenvalue weighted by atomic mass is 10.0. The highest BCUT2D eigenvalue weighted by Gasteiger charge is 2.36. The second-order valence-electron chi connectivity index (χ2n) is 7.27. The van der Waals surface area contributed by atoms with E-state index in [2.05, 4.69) is 26.2 Å². The molecule has 1 aromatic heterocycles. The number of amides is 2. The maximum absolute atomic E-state index is 13.4. The van der Waals surface area contributed by atoms with Crippen LogP contribution in [0.2, 0.25) is 0 Å². The van der Waals surface area contributed by atoms with Gasteiger partial charge in [0.05, 0.1) is 5.92 Å². The first-order valence-corrected chi connectivity index (χ1v) is 10.3. The summed E-state index contributed by atoms with van der Waals surface area (Å²) in [5.41, 5.74) is 1.48. The number of imidazole rings is 1. The molecular weight excluding hydrogens is 451 g/mol. The molecule has 2 unspecified atom stereocenters. The second kappa shape index (κ2) is 8.39. The monoisotopic (exact) mass is 470 g/mol. The molecular formula is C22H20BrFN4O2. The van der Waals surface area contributed by atoms with Crippen LogP contribution in [-0.2, 0) is 16.6 Å². The zero-order valence-electron chi connectivity index (χ0n) is 16.3. The van der Waals surface area contributed by atoms with Gasteiger partial charge in [0.1, 0.15) is 17.7 Å². The summed E-state index contributed by atoms with van der Waals surface area (Å²) in [7, 11) is 1.83. The summed E-state index contributed by atoms with van der Waals surface area (Å²) in [6.07, 6.45) is 3.57. The van der Waals surface area contributed by atoms with Crippen LogP contribution in [0.25, 0.3) is 0 Å². The first-order valence-electron chi connectivity index (χ1n) is 9.51. The lowest BCUT2D eigenvalue weighted by Crippen LogP contribution is -2.37. The molecule has 2 aromatic carbocycles. The molecule has 1 aliphatic heterocycles. The molecule has 3 aromatic rings. The number of halogens is 2. The third kappa shape index (κ3) is 4.14. The van der Waals surface area contributed by atoms with Crippen LogP contribution < -0.4 is 10.2 Å². The standard InChI is InChI=1S/C22H20BrFN4O2/c1-27-11-10-25-21(27)20(14-2-6-17(24)7-3-14)26-22(30)15-12-19(29)28(13-15)18-8-4-16(23)5-9-18/h2-11,15,20H,12-13H2,1H3,(H,26,30). The first-order chi connectivity index (χ1) is 14.4. The lowest BCUT2D eigenvalue weighted by Gasteiger charge is -2.21. The van der Waals surface area contributed by atoms with Crippen LogP contribution in [0.4, 0.5) is 10.1 Å². The molecule has 0 spiro atoms. The van der Waals surface area contributed by atoms with Crippen molar-refractivity contribution in [3.63, 3.8) is 0 Å². The molecule has 30 heavy (non-hydrogen) atoms. The van der Waals surface area contributed by atoms with Crippen molar-refractivity contribution in [2.75, 3.05) is 11.4 Å². The quantitative estimate of drug-likeness (QED) is 0.619. The highest BCUT2D eigenvalue weighted by molar-refractivity contribution is 9.10. The van der Waals surface area contributed by atoms with Crippen LogP contribution in [0.5, 0.6) is 0 Å². The van der Waals surface area contributed by atoms with E-state index in [0.717, 1.165) is 10.2 Å². The zero-order chi connectivity index (χ0) is 21.3. The second-order valence-corrected chi connectivity index (χ2v) is 8.19. The van der Waals surface area contributed by atoms with Crippen molar-refractivity contribution < 1.29 is 14.0 Å². The molecule has 1 fully saturated rings. The summed E-state index contributed by atoms with van der Waals surface area (Å²) in [5.74, 6) is -0.531. The normalized spacial score (nSPS) is 17.2. The Balaban J connectivity index is 1.54. The van der Waals surface area contributed by atoms with Crippen LogP contribution in [-0.4, -0.2) is 27.9 Å². The molecule has 1 saturated heterocycles. The SMILES string of the molecule is Cn1ccnc1C(NC(=O)C1CC(=O)N(c2ccc(Br)cc2)C1)c1ccc(F)cc1. The Morgan fingerprint density at radius 3 is 2.53 bits per heavy atom. The minimum atomic E-state index is -0.546. The number of carbonyl (C=O) groups is 2. The minimum absolute atomic E-state index is 0.0900. The summed E-state index contributed by atoms with van der Waals surface area (Å²) in [5, 5.41) is 3.01. The van der Waals surface area contributed by atoms with Gasteiger partial charge in [-0.15, -0.1) is 0 Å². The molecule has 1 aliphatic rings. The van der Waals surface area contributed by atoms with Crippen molar-refractivity contribution in [1.82, 2.24) is 14.9 Å². The number of benzene rings is 2. The van der Waals surface area contributed by atoms with Gasteiger partial charge >= 0.3 is 0 Å². The van der Waals surface area contributed by atoms with Crippen molar-refractivity contribution in [2.24, 2.45) is 13.0 Å². The number of aromatic nitrogens is 2. The number of anilines is 1. The highest BCUT2D eigenvalue weighted by atomic mass is 79.9. The number of nitrogens with one attached hydrogen (secondary N) is 1. The van der Waals surface area contributed by atoms with Crippen molar-refractivity contribution in [3.05, 3.63) is 82.6 Å². The molecule has 1 N–H and O–H groups in total. The summed E-state index contributed by atoms with van der Waals surface area (Å²) in [6.45, 7) is 0.309. The Hall–Kier alpha value is -3.00. The maximum atomic E-state index is 13.4. The number of hydrogen-bond acceptors (Lipinski definition) is 3. The summed E-state index contributed by atoms with van der Waals surface area (Å²) in [6, 6.07) is 12.8. The third-order valence-electron chi connectivity index (χ3n) is 5.24. The molecule has 6 nitrogen and oxygen atoms in total. The van der Waals surface area contributed by atoms with Gasteiger partial charge < -0.3 is 14.8 Å². The van der Waals surface area contributed by atoms with E-state index in [-0.39, 0.29) is 24.1 Å². The van der Waals surface area contributed by atoms with E-state index in [0.29, 0.717) is 17.9 Å². The Bertz CT molecular complexity index is 1070. The summed E-state index contributed by atoms with van der Waals surface area (Å²) < 4.78 is 16.1. The summed E-state index contributed by atoms with van der Waals surface area (Å²) >= 11 is 3.38. The van der Waals surface area contributed by atoms with E-state index in [1.165, 1.54) is 12.1 Å². The van der Waals surface area contributed by atoms with Crippen LogP contribution in [0, 0.1) is 11.7 Å². The van der Waals surface area contributed by atoms with E-state index in [1.54, 1.807) is 29.4 Å². The predicted octanol–water partition coefficient (Wildman–Crippen LogP) is 3.58. The van der Waals surface area contributed by atoms with Gasteiger partial charge in [0, 0.05) is 42.6 Å².